The molecule has 0 atom stereocenters. The molecule has 22 heavy (non-hydrogen) atoms. The van der Waals surface area contributed by atoms with Crippen molar-refractivity contribution >= 4 is 5.95 Å². The highest BCUT2D eigenvalue weighted by Gasteiger charge is 2.16. The van der Waals surface area contributed by atoms with E-state index in [1.807, 2.05) is 38.1 Å². The number of hydrogen-bond acceptors (Lipinski definition) is 3. The summed E-state index contributed by atoms with van der Waals surface area (Å²) in [6.45, 7) is 3.93. The van der Waals surface area contributed by atoms with Gasteiger partial charge in [0.05, 0.1) is 11.3 Å². The summed E-state index contributed by atoms with van der Waals surface area (Å²) >= 11 is 0. The summed E-state index contributed by atoms with van der Waals surface area (Å²) in [5, 5.41) is 3.39. The van der Waals surface area contributed by atoms with Gasteiger partial charge in [-0.25, -0.2) is 4.98 Å². The van der Waals surface area contributed by atoms with Crippen molar-refractivity contribution in [2.45, 2.75) is 52.0 Å². The van der Waals surface area contributed by atoms with Gasteiger partial charge in [0.1, 0.15) is 0 Å². The Morgan fingerprint density at radius 3 is 2.64 bits per heavy atom. The Balaban J connectivity index is 1.89. The van der Waals surface area contributed by atoms with E-state index in [0.29, 0.717) is 17.6 Å². The summed E-state index contributed by atoms with van der Waals surface area (Å²) < 4.78 is 0. The zero-order valence-electron chi connectivity index (χ0n) is 13.3. The van der Waals surface area contributed by atoms with Gasteiger partial charge in [-0.2, -0.15) is 0 Å². The molecule has 1 saturated carbocycles. The molecule has 116 valence electrons. The fraction of sp³-hybridized carbons (Fsp3) is 0.444. The van der Waals surface area contributed by atoms with Crippen LogP contribution in [0.5, 0.6) is 0 Å². The van der Waals surface area contributed by atoms with E-state index >= 15 is 0 Å². The summed E-state index contributed by atoms with van der Waals surface area (Å²) in [5.41, 5.74) is 3.43. The van der Waals surface area contributed by atoms with Gasteiger partial charge in [0.2, 0.25) is 5.95 Å². The van der Waals surface area contributed by atoms with Crippen molar-refractivity contribution < 1.29 is 0 Å². The molecular weight excluding hydrogens is 274 g/mol. The molecule has 1 fully saturated rings. The van der Waals surface area contributed by atoms with Gasteiger partial charge in [0, 0.05) is 6.04 Å². The predicted molar refractivity (Wildman–Crippen MR) is 90.3 cm³/mol. The number of rotatable bonds is 3. The van der Waals surface area contributed by atoms with E-state index in [1.54, 1.807) is 0 Å². The molecule has 1 aromatic carbocycles. The second kappa shape index (κ2) is 6.34. The molecule has 0 radical (unpaired) electrons. The molecular formula is C18H23N3O. The summed E-state index contributed by atoms with van der Waals surface area (Å²) in [6, 6.07) is 8.41. The predicted octanol–water partition coefficient (Wildman–Crippen LogP) is 3.80. The number of anilines is 1. The van der Waals surface area contributed by atoms with Crippen LogP contribution in [0.3, 0.4) is 0 Å². The summed E-state index contributed by atoms with van der Waals surface area (Å²) in [6.07, 6.45) is 6.13. The minimum atomic E-state index is -0.0728. The van der Waals surface area contributed by atoms with Crippen molar-refractivity contribution in [1.82, 2.24) is 9.97 Å². The first kappa shape index (κ1) is 14.8. The molecule has 0 amide bonds. The van der Waals surface area contributed by atoms with Gasteiger partial charge in [-0.3, -0.25) is 9.78 Å². The molecule has 0 saturated heterocycles. The molecule has 1 aromatic heterocycles. The Labute approximate surface area is 131 Å². The van der Waals surface area contributed by atoms with Crippen LogP contribution >= 0.6 is 0 Å². The van der Waals surface area contributed by atoms with E-state index in [2.05, 4.69) is 15.3 Å². The van der Waals surface area contributed by atoms with Crippen molar-refractivity contribution in [2.75, 3.05) is 5.32 Å². The maximum Gasteiger partial charge on any atom is 0.260 e. The lowest BCUT2D eigenvalue weighted by atomic mass is 9.96. The number of benzene rings is 1. The van der Waals surface area contributed by atoms with Crippen LogP contribution in [-0.4, -0.2) is 16.0 Å². The van der Waals surface area contributed by atoms with Crippen LogP contribution in [0.1, 0.15) is 43.4 Å². The van der Waals surface area contributed by atoms with Crippen LogP contribution in [0.25, 0.3) is 11.1 Å². The van der Waals surface area contributed by atoms with Crippen LogP contribution in [0.2, 0.25) is 0 Å². The molecule has 2 N–H and O–H groups in total. The van der Waals surface area contributed by atoms with Crippen molar-refractivity contribution in [3.05, 3.63) is 45.9 Å². The molecule has 1 aliphatic rings. The molecule has 4 heteroatoms. The van der Waals surface area contributed by atoms with Gasteiger partial charge in [0.25, 0.3) is 5.56 Å². The van der Waals surface area contributed by atoms with Crippen molar-refractivity contribution in [3.8, 4) is 11.1 Å². The first-order valence-electron chi connectivity index (χ1n) is 8.08. The second-order valence-corrected chi connectivity index (χ2v) is 6.22. The quantitative estimate of drug-likeness (QED) is 0.906. The maximum absolute atomic E-state index is 12.5. The van der Waals surface area contributed by atoms with Crippen molar-refractivity contribution in [3.63, 3.8) is 0 Å². The van der Waals surface area contributed by atoms with Crippen molar-refractivity contribution in [1.29, 1.82) is 0 Å². The highest BCUT2D eigenvalue weighted by molar-refractivity contribution is 5.66. The smallest absolute Gasteiger partial charge is 0.260 e. The van der Waals surface area contributed by atoms with E-state index < -0.39 is 0 Å². The fourth-order valence-electron chi connectivity index (χ4n) is 3.24. The zero-order chi connectivity index (χ0) is 15.5. The monoisotopic (exact) mass is 297 g/mol. The number of aromatic amines is 1. The number of aryl methyl sites for hydroxylation is 2. The number of hydrogen-bond donors (Lipinski definition) is 2. The van der Waals surface area contributed by atoms with Gasteiger partial charge in [-0.15, -0.1) is 0 Å². The Kier molecular flexibility index (Phi) is 4.27. The van der Waals surface area contributed by atoms with Crippen LogP contribution in [0, 0.1) is 13.8 Å². The molecule has 2 aromatic rings. The Bertz CT molecular complexity index is 715. The molecule has 0 aliphatic heterocycles. The number of nitrogens with one attached hydrogen (secondary N) is 2. The molecule has 4 nitrogen and oxygen atoms in total. The molecule has 1 aliphatic carbocycles. The average molecular weight is 297 g/mol. The van der Waals surface area contributed by atoms with E-state index in [-0.39, 0.29) is 5.56 Å². The van der Waals surface area contributed by atoms with Crippen LogP contribution < -0.4 is 10.9 Å². The molecule has 0 unspecified atom stereocenters. The molecule has 1 heterocycles. The first-order chi connectivity index (χ1) is 10.6. The summed E-state index contributed by atoms with van der Waals surface area (Å²) in [4.78, 5) is 20.0. The van der Waals surface area contributed by atoms with Gasteiger partial charge in [-0.05, 0) is 32.3 Å². The van der Waals surface area contributed by atoms with Gasteiger partial charge in [-0.1, -0.05) is 49.1 Å². The number of H-pyrrole nitrogens is 1. The number of nitrogens with zero attached hydrogens (tertiary/aromatic N) is 1. The SMILES string of the molecule is Cc1cccc(-c2c(C)nc(NC3CCCCC3)[nH]c2=O)c1. The standard InChI is InChI=1S/C18H23N3O/c1-12-7-6-8-14(11-12)16-13(2)19-18(21-17(16)22)20-15-9-4-3-5-10-15/h6-8,11,15H,3-5,9-10H2,1-2H3,(H2,19,20,21,22). The second-order valence-electron chi connectivity index (χ2n) is 6.22. The Hall–Kier alpha value is -2.10. The van der Waals surface area contributed by atoms with Gasteiger partial charge < -0.3 is 5.32 Å². The van der Waals surface area contributed by atoms with Gasteiger partial charge in [0.15, 0.2) is 0 Å². The molecule has 3 rings (SSSR count). The highest BCUT2D eigenvalue weighted by atomic mass is 16.1. The summed E-state index contributed by atoms with van der Waals surface area (Å²) in [7, 11) is 0. The summed E-state index contributed by atoms with van der Waals surface area (Å²) in [5.74, 6) is 0.603. The lowest BCUT2D eigenvalue weighted by Crippen LogP contribution is -2.26. The fourth-order valence-corrected chi connectivity index (χ4v) is 3.24. The topological polar surface area (TPSA) is 57.8 Å². The highest BCUT2D eigenvalue weighted by Crippen LogP contribution is 2.22. The third-order valence-corrected chi connectivity index (χ3v) is 4.35. The Morgan fingerprint density at radius 2 is 1.95 bits per heavy atom. The third kappa shape index (κ3) is 3.21. The minimum absolute atomic E-state index is 0.0728. The largest absolute Gasteiger partial charge is 0.353 e. The van der Waals surface area contributed by atoms with E-state index in [0.717, 1.165) is 29.7 Å². The van der Waals surface area contributed by atoms with Crippen LogP contribution in [0.15, 0.2) is 29.1 Å². The normalized spacial score (nSPS) is 15.7. The lowest BCUT2D eigenvalue weighted by Gasteiger charge is -2.23. The Morgan fingerprint density at radius 1 is 1.18 bits per heavy atom. The van der Waals surface area contributed by atoms with E-state index in [4.69, 9.17) is 0 Å². The zero-order valence-corrected chi connectivity index (χ0v) is 13.3. The number of aromatic nitrogens is 2. The lowest BCUT2D eigenvalue weighted by molar-refractivity contribution is 0.460. The van der Waals surface area contributed by atoms with E-state index in [9.17, 15) is 4.79 Å². The van der Waals surface area contributed by atoms with Gasteiger partial charge >= 0.3 is 0 Å². The van der Waals surface area contributed by atoms with E-state index in [1.165, 1.54) is 19.3 Å². The molecule has 0 spiro atoms. The third-order valence-electron chi connectivity index (χ3n) is 4.35. The minimum Gasteiger partial charge on any atom is -0.353 e. The average Bonchev–Trinajstić information content (AvgIpc) is 2.47. The van der Waals surface area contributed by atoms with Crippen molar-refractivity contribution in [2.24, 2.45) is 0 Å². The van der Waals surface area contributed by atoms with Crippen LogP contribution in [0.4, 0.5) is 5.95 Å². The molecule has 0 bridgehead atoms. The first-order valence-corrected chi connectivity index (χ1v) is 8.08. The maximum atomic E-state index is 12.5. The van der Waals surface area contributed by atoms with Crippen LogP contribution in [-0.2, 0) is 0 Å².